The molecular formula is C17H13F2NO3S. The molecule has 0 unspecified atom stereocenters. The second-order valence-electron chi connectivity index (χ2n) is 5.36. The summed E-state index contributed by atoms with van der Waals surface area (Å²) in [5.41, 5.74) is 0.107. The van der Waals surface area contributed by atoms with Gasteiger partial charge in [0.15, 0.2) is 9.84 Å². The van der Waals surface area contributed by atoms with Gasteiger partial charge in [0.1, 0.15) is 11.6 Å². The molecule has 0 saturated heterocycles. The molecule has 0 aliphatic carbocycles. The molecular weight excluding hydrogens is 336 g/mol. The Morgan fingerprint density at radius 2 is 1.71 bits per heavy atom. The third-order valence-corrected chi connectivity index (χ3v) is 5.05. The van der Waals surface area contributed by atoms with Crippen LogP contribution in [0.5, 0.6) is 0 Å². The molecule has 0 fully saturated rings. The number of hydrogen-bond donors (Lipinski definition) is 0. The minimum Gasteiger partial charge on any atom is -0.300 e. The molecule has 2 aromatic rings. The first-order chi connectivity index (χ1) is 11.4. The van der Waals surface area contributed by atoms with E-state index < -0.39 is 33.4 Å². The number of anilines is 1. The Morgan fingerprint density at radius 3 is 2.29 bits per heavy atom. The predicted octanol–water partition coefficient (Wildman–Crippen LogP) is 2.92. The molecule has 0 bridgehead atoms. The Kier molecular flexibility index (Phi) is 4.19. The van der Waals surface area contributed by atoms with Crippen LogP contribution >= 0.6 is 0 Å². The van der Waals surface area contributed by atoms with Crippen LogP contribution in [-0.4, -0.2) is 26.1 Å². The van der Waals surface area contributed by atoms with Crippen LogP contribution < -0.4 is 4.90 Å². The van der Waals surface area contributed by atoms with Crippen LogP contribution in [0.4, 0.5) is 14.5 Å². The van der Waals surface area contributed by atoms with Gasteiger partial charge < -0.3 is 4.90 Å². The van der Waals surface area contributed by atoms with Crippen molar-refractivity contribution in [1.29, 1.82) is 0 Å². The molecule has 2 aromatic carbocycles. The number of sulfone groups is 1. The summed E-state index contributed by atoms with van der Waals surface area (Å²) in [5.74, 6) is -2.19. The van der Waals surface area contributed by atoms with Crippen molar-refractivity contribution in [2.75, 3.05) is 10.7 Å². The van der Waals surface area contributed by atoms with E-state index in [0.717, 1.165) is 23.6 Å². The summed E-state index contributed by atoms with van der Waals surface area (Å²) in [6.07, 6.45) is 1.37. The summed E-state index contributed by atoms with van der Waals surface area (Å²) >= 11 is 0. The van der Waals surface area contributed by atoms with Gasteiger partial charge >= 0.3 is 0 Å². The van der Waals surface area contributed by atoms with Crippen LogP contribution in [0.3, 0.4) is 0 Å². The number of carbonyl (C=O) groups is 1. The molecule has 1 amide bonds. The van der Waals surface area contributed by atoms with Gasteiger partial charge in [-0.1, -0.05) is 12.1 Å². The highest BCUT2D eigenvalue weighted by molar-refractivity contribution is 7.94. The monoisotopic (exact) mass is 349 g/mol. The number of hydrogen-bond acceptors (Lipinski definition) is 3. The molecule has 0 spiro atoms. The Labute approximate surface area is 137 Å². The van der Waals surface area contributed by atoms with Crippen molar-refractivity contribution in [2.45, 2.75) is 6.04 Å². The molecule has 0 N–H and O–H groups in total. The first-order valence-corrected chi connectivity index (χ1v) is 8.83. The van der Waals surface area contributed by atoms with Crippen molar-refractivity contribution in [3.05, 3.63) is 77.2 Å². The van der Waals surface area contributed by atoms with Crippen molar-refractivity contribution in [3.8, 4) is 0 Å². The smallest absolute Gasteiger partial charge is 0.261 e. The van der Waals surface area contributed by atoms with Gasteiger partial charge in [0.25, 0.3) is 5.91 Å². The van der Waals surface area contributed by atoms with E-state index in [9.17, 15) is 22.0 Å². The molecule has 1 aliphatic rings. The van der Waals surface area contributed by atoms with E-state index in [0.29, 0.717) is 0 Å². The van der Waals surface area contributed by atoms with Crippen LogP contribution in [0.2, 0.25) is 0 Å². The number of nitrogens with zero attached hydrogens (tertiary/aromatic N) is 1. The minimum atomic E-state index is -3.42. The highest BCUT2D eigenvalue weighted by Gasteiger charge is 2.32. The number of benzene rings is 2. The summed E-state index contributed by atoms with van der Waals surface area (Å²) < 4.78 is 50.5. The van der Waals surface area contributed by atoms with Gasteiger partial charge in [0.2, 0.25) is 0 Å². The van der Waals surface area contributed by atoms with E-state index in [4.69, 9.17) is 0 Å². The zero-order valence-corrected chi connectivity index (χ0v) is 13.2. The number of amides is 1. The van der Waals surface area contributed by atoms with E-state index in [-0.39, 0.29) is 17.0 Å². The van der Waals surface area contributed by atoms with Crippen LogP contribution in [0, 0.1) is 11.6 Å². The third kappa shape index (κ3) is 3.21. The zero-order valence-electron chi connectivity index (χ0n) is 12.4. The van der Waals surface area contributed by atoms with Gasteiger partial charge in [0.05, 0.1) is 17.4 Å². The standard InChI is InChI=1S/C17H13F2NO3S/c18-12-5-7-13(8-6-12)20(14-9-10-24(22,23)11-14)17(21)15-3-1-2-4-16(15)19/h1-10,14H,11H2/t14-/m1/s1. The van der Waals surface area contributed by atoms with Crippen LogP contribution in [0.25, 0.3) is 0 Å². The second kappa shape index (κ2) is 6.16. The number of halogens is 2. The van der Waals surface area contributed by atoms with Crippen LogP contribution in [0.15, 0.2) is 60.0 Å². The molecule has 7 heteroatoms. The first-order valence-electron chi connectivity index (χ1n) is 7.12. The summed E-state index contributed by atoms with van der Waals surface area (Å²) in [6, 6.07) is 9.67. The summed E-state index contributed by atoms with van der Waals surface area (Å²) in [6.45, 7) is 0. The van der Waals surface area contributed by atoms with E-state index in [2.05, 4.69) is 0 Å². The maximum absolute atomic E-state index is 14.0. The largest absolute Gasteiger partial charge is 0.300 e. The van der Waals surface area contributed by atoms with Gasteiger partial charge in [-0.2, -0.15) is 0 Å². The number of rotatable bonds is 3. The van der Waals surface area contributed by atoms with Crippen LogP contribution in [-0.2, 0) is 9.84 Å². The molecule has 4 nitrogen and oxygen atoms in total. The van der Waals surface area contributed by atoms with E-state index >= 15 is 0 Å². The fourth-order valence-corrected chi connectivity index (χ4v) is 3.81. The Hall–Kier alpha value is -2.54. The Bertz CT molecular complexity index is 908. The van der Waals surface area contributed by atoms with Gasteiger partial charge in [-0.3, -0.25) is 4.79 Å². The zero-order chi connectivity index (χ0) is 17.3. The summed E-state index contributed by atoms with van der Waals surface area (Å²) in [4.78, 5) is 14.0. The maximum atomic E-state index is 14.0. The van der Waals surface area contributed by atoms with Crippen molar-refractivity contribution in [3.63, 3.8) is 0 Å². The average Bonchev–Trinajstić information content (AvgIpc) is 2.89. The lowest BCUT2D eigenvalue weighted by atomic mass is 10.1. The quantitative estimate of drug-likeness (QED) is 0.856. The lowest BCUT2D eigenvalue weighted by molar-refractivity contribution is 0.0979. The Balaban J connectivity index is 2.05. The molecule has 3 rings (SSSR count). The topological polar surface area (TPSA) is 54.5 Å². The molecule has 0 aromatic heterocycles. The molecule has 1 atom stereocenters. The molecule has 124 valence electrons. The third-order valence-electron chi connectivity index (χ3n) is 3.67. The molecule has 1 aliphatic heterocycles. The summed E-state index contributed by atoms with van der Waals surface area (Å²) in [5, 5.41) is 1.03. The van der Waals surface area contributed by atoms with Crippen molar-refractivity contribution in [2.24, 2.45) is 0 Å². The van der Waals surface area contributed by atoms with Crippen molar-refractivity contribution < 1.29 is 22.0 Å². The highest BCUT2D eigenvalue weighted by Crippen LogP contribution is 2.26. The van der Waals surface area contributed by atoms with E-state index in [1.165, 1.54) is 41.3 Å². The van der Waals surface area contributed by atoms with E-state index in [1.54, 1.807) is 0 Å². The van der Waals surface area contributed by atoms with Crippen molar-refractivity contribution in [1.82, 2.24) is 0 Å². The normalized spacial score (nSPS) is 18.5. The lowest BCUT2D eigenvalue weighted by Gasteiger charge is -2.28. The second-order valence-corrected chi connectivity index (χ2v) is 7.29. The fourth-order valence-electron chi connectivity index (χ4n) is 2.55. The SMILES string of the molecule is O=C(c1ccccc1F)N(c1ccc(F)cc1)[C@@H]1C=CS(=O)(=O)C1. The average molecular weight is 349 g/mol. The van der Waals surface area contributed by atoms with E-state index in [1.807, 2.05) is 0 Å². The fraction of sp³-hybridized carbons (Fsp3) is 0.118. The van der Waals surface area contributed by atoms with Gasteiger partial charge in [0, 0.05) is 11.1 Å². The predicted molar refractivity (Wildman–Crippen MR) is 86.3 cm³/mol. The Morgan fingerprint density at radius 1 is 1.04 bits per heavy atom. The van der Waals surface area contributed by atoms with Gasteiger partial charge in [-0.25, -0.2) is 17.2 Å². The molecule has 24 heavy (non-hydrogen) atoms. The maximum Gasteiger partial charge on any atom is 0.261 e. The van der Waals surface area contributed by atoms with Gasteiger partial charge in [-0.15, -0.1) is 0 Å². The first kappa shape index (κ1) is 16.3. The summed E-state index contributed by atoms with van der Waals surface area (Å²) in [7, 11) is -3.42. The molecule has 1 heterocycles. The minimum absolute atomic E-state index is 0.181. The van der Waals surface area contributed by atoms with Crippen molar-refractivity contribution >= 4 is 21.4 Å². The number of carbonyl (C=O) groups excluding carboxylic acids is 1. The van der Waals surface area contributed by atoms with Crippen LogP contribution in [0.1, 0.15) is 10.4 Å². The molecule has 0 radical (unpaired) electrons. The van der Waals surface area contributed by atoms with Gasteiger partial charge in [-0.05, 0) is 42.5 Å². The highest BCUT2D eigenvalue weighted by atomic mass is 32.2. The lowest BCUT2D eigenvalue weighted by Crippen LogP contribution is -2.41. The molecule has 0 saturated carbocycles.